The van der Waals surface area contributed by atoms with Crippen molar-refractivity contribution in [2.45, 2.75) is 26.8 Å². The third kappa shape index (κ3) is 5.35. The van der Waals surface area contributed by atoms with Crippen LogP contribution in [0.1, 0.15) is 25.0 Å². The molecule has 0 radical (unpaired) electrons. The number of rotatable bonds is 8. The molecule has 0 aromatic heterocycles. The minimum Gasteiger partial charge on any atom is -0.317 e. The van der Waals surface area contributed by atoms with Gasteiger partial charge in [-0.2, -0.15) is 0 Å². The molecule has 0 bridgehead atoms. The van der Waals surface area contributed by atoms with E-state index in [-0.39, 0.29) is 0 Å². The summed E-state index contributed by atoms with van der Waals surface area (Å²) in [6.07, 6.45) is 6.45. The SMILES string of the molecule is C#CCN(CC)Cc1ccc(CCNCC)cc1. The summed E-state index contributed by atoms with van der Waals surface area (Å²) in [5.74, 6) is 2.70. The zero-order chi connectivity index (χ0) is 13.2. The standard InChI is InChI=1S/C16H24N2/c1-4-13-18(6-3)14-16-9-7-15(8-10-16)11-12-17-5-2/h1,7-10,17H,5-6,11-14H2,2-3H3. The molecule has 2 heteroatoms. The van der Waals surface area contributed by atoms with Gasteiger partial charge in [-0.15, -0.1) is 6.42 Å². The molecule has 2 nitrogen and oxygen atoms in total. The number of likely N-dealkylation sites (N-methyl/N-ethyl adjacent to an activating group) is 1. The first-order valence-electron chi connectivity index (χ1n) is 6.74. The van der Waals surface area contributed by atoms with Gasteiger partial charge in [-0.05, 0) is 37.2 Å². The van der Waals surface area contributed by atoms with Crippen LogP contribution in [0.25, 0.3) is 0 Å². The summed E-state index contributed by atoms with van der Waals surface area (Å²) in [4.78, 5) is 2.26. The summed E-state index contributed by atoms with van der Waals surface area (Å²) in [5.41, 5.74) is 2.72. The number of hydrogen-bond donors (Lipinski definition) is 1. The molecule has 0 heterocycles. The molecule has 0 aliphatic rings. The Morgan fingerprint density at radius 2 is 1.83 bits per heavy atom. The van der Waals surface area contributed by atoms with Crippen molar-refractivity contribution in [1.82, 2.24) is 10.2 Å². The zero-order valence-corrected chi connectivity index (χ0v) is 11.6. The molecule has 0 fully saturated rings. The average Bonchev–Trinajstić information content (AvgIpc) is 2.40. The summed E-state index contributed by atoms with van der Waals surface area (Å²) in [7, 11) is 0. The average molecular weight is 244 g/mol. The molecule has 18 heavy (non-hydrogen) atoms. The molecular formula is C16H24N2. The van der Waals surface area contributed by atoms with Gasteiger partial charge in [0.25, 0.3) is 0 Å². The maximum Gasteiger partial charge on any atom is 0.0601 e. The number of nitrogens with zero attached hydrogens (tertiary/aromatic N) is 1. The van der Waals surface area contributed by atoms with Crippen LogP contribution < -0.4 is 5.32 Å². The van der Waals surface area contributed by atoms with Crippen molar-refractivity contribution < 1.29 is 0 Å². The molecule has 0 atom stereocenters. The Morgan fingerprint density at radius 3 is 2.39 bits per heavy atom. The lowest BCUT2D eigenvalue weighted by molar-refractivity contribution is 0.316. The van der Waals surface area contributed by atoms with Crippen LogP contribution in [0, 0.1) is 12.3 Å². The molecule has 0 unspecified atom stereocenters. The predicted octanol–water partition coefficient (Wildman–Crippen LogP) is 2.29. The fourth-order valence-electron chi connectivity index (χ4n) is 1.89. The van der Waals surface area contributed by atoms with Gasteiger partial charge in [0.05, 0.1) is 6.54 Å². The maximum atomic E-state index is 5.35. The van der Waals surface area contributed by atoms with Gasteiger partial charge in [-0.1, -0.05) is 44.0 Å². The van der Waals surface area contributed by atoms with Crippen molar-refractivity contribution >= 4 is 0 Å². The first-order valence-corrected chi connectivity index (χ1v) is 6.74. The summed E-state index contributed by atoms with van der Waals surface area (Å²) in [6.45, 7) is 9.01. The molecule has 1 aromatic rings. The number of hydrogen-bond acceptors (Lipinski definition) is 2. The topological polar surface area (TPSA) is 15.3 Å². The highest BCUT2D eigenvalue weighted by Gasteiger charge is 2.01. The van der Waals surface area contributed by atoms with Gasteiger partial charge in [0.15, 0.2) is 0 Å². The number of nitrogens with one attached hydrogen (secondary N) is 1. The van der Waals surface area contributed by atoms with Gasteiger partial charge in [0, 0.05) is 6.54 Å². The van der Waals surface area contributed by atoms with E-state index in [4.69, 9.17) is 6.42 Å². The molecule has 1 aromatic carbocycles. The summed E-state index contributed by atoms with van der Waals surface area (Å²) >= 11 is 0. The first-order chi connectivity index (χ1) is 8.80. The summed E-state index contributed by atoms with van der Waals surface area (Å²) in [6, 6.07) is 8.85. The Hall–Kier alpha value is -1.30. The molecule has 1 rings (SSSR count). The van der Waals surface area contributed by atoms with Crippen LogP contribution >= 0.6 is 0 Å². The highest BCUT2D eigenvalue weighted by molar-refractivity contribution is 5.22. The van der Waals surface area contributed by atoms with Gasteiger partial charge in [0.1, 0.15) is 0 Å². The Morgan fingerprint density at radius 1 is 1.17 bits per heavy atom. The molecule has 0 saturated heterocycles. The van der Waals surface area contributed by atoms with E-state index in [1.54, 1.807) is 0 Å². The Kier molecular flexibility index (Phi) is 7.17. The molecule has 1 N–H and O–H groups in total. The molecule has 0 amide bonds. The van der Waals surface area contributed by atoms with Gasteiger partial charge < -0.3 is 5.32 Å². The fraction of sp³-hybridized carbons (Fsp3) is 0.500. The van der Waals surface area contributed by atoms with Crippen LogP contribution in [0.2, 0.25) is 0 Å². The Labute approximate surface area is 111 Å². The van der Waals surface area contributed by atoms with E-state index in [2.05, 4.69) is 54.3 Å². The van der Waals surface area contributed by atoms with E-state index in [9.17, 15) is 0 Å². The van der Waals surface area contributed by atoms with Crippen molar-refractivity contribution in [3.8, 4) is 12.3 Å². The minimum absolute atomic E-state index is 0.721. The highest BCUT2D eigenvalue weighted by Crippen LogP contribution is 2.07. The summed E-state index contributed by atoms with van der Waals surface area (Å²) in [5, 5.41) is 3.34. The first kappa shape index (κ1) is 14.8. The monoisotopic (exact) mass is 244 g/mol. The minimum atomic E-state index is 0.721. The van der Waals surface area contributed by atoms with Crippen molar-refractivity contribution in [2.75, 3.05) is 26.2 Å². The van der Waals surface area contributed by atoms with Crippen molar-refractivity contribution in [3.05, 3.63) is 35.4 Å². The quantitative estimate of drug-likeness (QED) is 0.557. The van der Waals surface area contributed by atoms with Gasteiger partial charge in [-0.25, -0.2) is 0 Å². The van der Waals surface area contributed by atoms with E-state index in [0.717, 1.165) is 39.1 Å². The maximum absolute atomic E-state index is 5.35. The van der Waals surface area contributed by atoms with Crippen LogP contribution in [0.4, 0.5) is 0 Å². The smallest absolute Gasteiger partial charge is 0.0601 e. The number of terminal acetylenes is 1. The lowest BCUT2D eigenvalue weighted by atomic mass is 10.1. The Balaban J connectivity index is 2.46. The highest BCUT2D eigenvalue weighted by atomic mass is 15.1. The van der Waals surface area contributed by atoms with Crippen LogP contribution in [0.15, 0.2) is 24.3 Å². The third-order valence-corrected chi connectivity index (χ3v) is 3.03. The third-order valence-electron chi connectivity index (χ3n) is 3.03. The van der Waals surface area contributed by atoms with E-state index in [1.165, 1.54) is 11.1 Å². The fourth-order valence-corrected chi connectivity index (χ4v) is 1.89. The van der Waals surface area contributed by atoms with E-state index >= 15 is 0 Å². The summed E-state index contributed by atoms with van der Waals surface area (Å²) < 4.78 is 0. The van der Waals surface area contributed by atoms with E-state index in [1.807, 2.05) is 0 Å². The second kappa shape index (κ2) is 8.74. The van der Waals surface area contributed by atoms with E-state index < -0.39 is 0 Å². The van der Waals surface area contributed by atoms with Crippen LogP contribution in [0.3, 0.4) is 0 Å². The van der Waals surface area contributed by atoms with Crippen molar-refractivity contribution in [1.29, 1.82) is 0 Å². The molecule has 0 saturated carbocycles. The van der Waals surface area contributed by atoms with Gasteiger partial charge in [-0.3, -0.25) is 4.90 Å². The molecular weight excluding hydrogens is 220 g/mol. The van der Waals surface area contributed by atoms with Crippen molar-refractivity contribution in [3.63, 3.8) is 0 Å². The lowest BCUT2D eigenvalue weighted by Gasteiger charge is -2.17. The zero-order valence-electron chi connectivity index (χ0n) is 11.6. The van der Waals surface area contributed by atoms with Crippen LogP contribution in [-0.4, -0.2) is 31.1 Å². The number of benzene rings is 1. The molecule has 0 spiro atoms. The molecule has 0 aliphatic carbocycles. The van der Waals surface area contributed by atoms with Crippen molar-refractivity contribution in [2.24, 2.45) is 0 Å². The molecule has 0 aliphatic heterocycles. The van der Waals surface area contributed by atoms with Crippen LogP contribution in [0.5, 0.6) is 0 Å². The van der Waals surface area contributed by atoms with Gasteiger partial charge in [0.2, 0.25) is 0 Å². The molecule has 98 valence electrons. The van der Waals surface area contributed by atoms with Crippen LogP contribution in [-0.2, 0) is 13.0 Å². The Bertz CT molecular complexity index is 362. The predicted molar refractivity (Wildman–Crippen MR) is 78.5 cm³/mol. The normalized spacial score (nSPS) is 10.6. The van der Waals surface area contributed by atoms with E-state index in [0.29, 0.717) is 0 Å². The second-order valence-electron chi connectivity index (χ2n) is 4.43. The largest absolute Gasteiger partial charge is 0.317 e. The lowest BCUT2D eigenvalue weighted by Crippen LogP contribution is -2.23. The van der Waals surface area contributed by atoms with Gasteiger partial charge >= 0.3 is 0 Å². The second-order valence-corrected chi connectivity index (χ2v) is 4.43.